The summed E-state index contributed by atoms with van der Waals surface area (Å²) >= 11 is 0. The molecular formula is C15H14O2. The number of benzene rings is 1. The number of hydrogen-bond donors (Lipinski definition) is 0. The van der Waals surface area contributed by atoms with E-state index in [1.165, 1.54) is 11.6 Å². The molecule has 1 atom stereocenters. The molecule has 1 heterocycles. The first-order valence-electron chi connectivity index (χ1n) is 5.70. The molecule has 0 aromatic heterocycles. The van der Waals surface area contributed by atoms with Crippen LogP contribution in [0.25, 0.3) is 0 Å². The summed E-state index contributed by atoms with van der Waals surface area (Å²) in [7, 11) is 0. The SMILES string of the molecule is C#C/C=C1\CCC(Cc2ccccc2)C(=O)O1. The van der Waals surface area contributed by atoms with Gasteiger partial charge >= 0.3 is 5.97 Å². The van der Waals surface area contributed by atoms with Crippen molar-refractivity contribution in [1.82, 2.24) is 0 Å². The maximum absolute atomic E-state index is 11.8. The summed E-state index contributed by atoms with van der Waals surface area (Å²) in [5.41, 5.74) is 1.17. The van der Waals surface area contributed by atoms with Crippen LogP contribution in [0.15, 0.2) is 42.2 Å². The molecule has 2 heteroatoms. The number of esters is 1. The quantitative estimate of drug-likeness (QED) is 0.572. The smallest absolute Gasteiger partial charge is 0.314 e. The van der Waals surface area contributed by atoms with Crippen LogP contribution in [0.1, 0.15) is 18.4 Å². The van der Waals surface area contributed by atoms with Crippen molar-refractivity contribution in [2.24, 2.45) is 5.92 Å². The Kier molecular flexibility index (Phi) is 3.62. The number of cyclic esters (lactones) is 1. The van der Waals surface area contributed by atoms with E-state index < -0.39 is 0 Å². The van der Waals surface area contributed by atoms with Crippen molar-refractivity contribution in [2.75, 3.05) is 0 Å². The molecule has 1 fully saturated rings. The van der Waals surface area contributed by atoms with E-state index in [1.807, 2.05) is 30.3 Å². The topological polar surface area (TPSA) is 26.3 Å². The molecule has 2 nitrogen and oxygen atoms in total. The fourth-order valence-corrected chi connectivity index (χ4v) is 1.98. The molecule has 1 aliphatic rings. The van der Waals surface area contributed by atoms with E-state index in [4.69, 9.17) is 11.2 Å². The second-order valence-corrected chi connectivity index (χ2v) is 4.12. The van der Waals surface area contributed by atoms with Gasteiger partial charge in [0.25, 0.3) is 0 Å². The molecule has 0 spiro atoms. The molecule has 0 amide bonds. The second-order valence-electron chi connectivity index (χ2n) is 4.12. The monoisotopic (exact) mass is 226 g/mol. The van der Waals surface area contributed by atoms with Gasteiger partial charge in [-0.3, -0.25) is 4.79 Å². The minimum atomic E-state index is -0.165. The van der Waals surface area contributed by atoms with Gasteiger partial charge < -0.3 is 4.74 Å². The van der Waals surface area contributed by atoms with Gasteiger partial charge in [-0.1, -0.05) is 36.3 Å². The van der Waals surface area contributed by atoms with Crippen LogP contribution in [0.3, 0.4) is 0 Å². The molecule has 1 aromatic carbocycles. The third-order valence-corrected chi connectivity index (χ3v) is 2.87. The average molecular weight is 226 g/mol. The molecule has 1 aromatic rings. The first kappa shape index (κ1) is 11.5. The highest BCUT2D eigenvalue weighted by atomic mass is 16.5. The number of rotatable bonds is 2. The van der Waals surface area contributed by atoms with Crippen molar-refractivity contribution in [3.63, 3.8) is 0 Å². The maximum atomic E-state index is 11.8. The molecular weight excluding hydrogens is 212 g/mol. The van der Waals surface area contributed by atoms with E-state index >= 15 is 0 Å². The van der Waals surface area contributed by atoms with Crippen molar-refractivity contribution in [3.05, 3.63) is 47.7 Å². The van der Waals surface area contributed by atoms with E-state index in [1.54, 1.807) is 0 Å². The largest absolute Gasteiger partial charge is 0.430 e. The highest BCUT2D eigenvalue weighted by molar-refractivity contribution is 5.75. The van der Waals surface area contributed by atoms with Crippen LogP contribution in [0.5, 0.6) is 0 Å². The van der Waals surface area contributed by atoms with Crippen LogP contribution in [0, 0.1) is 18.3 Å². The number of allylic oxidation sites excluding steroid dienone is 2. The minimum absolute atomic E-state index is 0.0488. The molecule has 1 aliphatic heterocycles. The molecule has 0 N–H and O–H groups in total. The third kappa shape index (κ3) is 2.98. The molecule has 17 heavy (non-hydrogen) atoms. The number of hydrogen-bond acceptors (Lipinski definition) is 2. The van der Waals surface area contributed by atoms with Gasteiger partial charge in [-0.25, -0.2) is 0 Å². The summed E-state index contributed by atoms with van der Waals surface area (Å²) in [4.78, 5) is 11.8. The Morgan fingerprint density at radius 2 is 2.18 bits per heavy atom. The number of ether oxygens (including phenoxy) is 1. The molecule has 0 saturated carbocycles. The lowest BCUT2D eigenvalue weighted by molar-refractivity contribution is -0.147. The van der Waals surface area contributed by atoms with E-state index in [2.05, 4.69) is 5.92 Å². The van der Waals surface area contributed by atoms with Crippen molar-refractivity contribution >= 4 is 5.97 Å². The Bertz CT molecular complexity index is 465. The number of terminal acetylenes is 1. The predicted octanol–water partition coefficient (Wildman–Crippen LogP) is 2.70. The van der Waals surface area contributed by atoms with Crippen molar-refractivity contribution < 1.29 is 9.53 Å². The third-order valence-electron chi connectivity index (χ3n) is 2.87. The molecule has 86 valence electrons. The Labute approximate surface area is 101 Å². The van der Waals surface area contributed by atoms with E-state index in [-0.39, 0.29) is 11.9 Å². The highest BCUT2D eigenvalue weighted by Crippen LogP contribution is 2.25. The Balaban J connectivity index is 1.99. The van der Waals surface area contributed by atoms with Gasteiger partial charge in [0.05, 0.1) is 5.92 Å². The summed E-state index contributed by atoms with van der Waals surface area (Å²) < 4.78 is 5.19. The molecule has 1 unspecified atom stereocenters. The number of carbonyl (C=O) groups is 1. The van der Waals surface area contributed by atoms with Crippen LogP contribution < -0.4 is 0 Å². The Hall–Kier alpha value is -2.01. The van der Waals surface area contributed by atoms with Gasteiger partial charge in [-0.15, -0.1) is 6.42 Å². The Morgan fingerprint density at radius 1 is 1.41 bits per heavy atom. The first-order chi connectivity index (χ1) is 8.29. The molecule has 0 radical (unpaired) electrons. The zero-order chi connectivity index (χ0) is 12.1. The van der Waals surface area contributed by atoms with Gasteiger partial charge in [-0.2, -0.15) is 0 Å². The summed E-state index contributed by atoms with van der Waals surface area (Å²) in [6.07, 6.45) is 8.96. The van der Waals surface area contributed by atoms with E-state index in [9.17, 15) is 4.79 Å². The van der Waals surface area contributed by atoms with Crippen LogP contribution in [0.2, 0.25) is 0 Å². The van der Waals surface area contributed by atoms with Crippen LogP contribution >= 0.6 is 0 Å². The van der Waals surface area contributed by atoms with Gasteiger partial charge in [0.15, 0.2) is 0 Å². The molecule has 1 saturated heterocycles. The van der Waals surface area contributed by atoms with Crippen LogP contribution in [-0.4, -0.2) is 5.97 Å². The second kappa shape index (κ2) is 5.36. The molecule has 2 rings (SSSR count). The zero-order valence-corrected chi connectivity index (χ0v) is 9.56. The van der Waals surface area contributed by atoms with Gasteiger partial charge in [0.1, 0.15) is 5.76 Å². The lowest BCUT2D eigenvalue weighted by atomic mass is 9.92. The first-order valence-corrected chi connectivity index (χ1v) is 5.70. The highest BCUT2D eigenvalue weighted by Gasteiger charge is 2.26. The van der Waals surface area contributed by atoms with Gasteiger partial charge in [0.2, 0.25) is 0 Å². The normalized spacial score (nSPS) is 21.9. The maximum Gasteiger partial charge on any atom is 0.314 e. The van der Waals surface area contributed by atoms with Crippen molar-refractivity contribution in [3.8, 4) is 12.3 Å². The molecule has 0 bridgehead atoms. The molecule has 0 aliphatic carbocycles. The number of carbonyl (C=O) groups excluding carboxylic acids is 1. The van der Waals surface area contributed by atoms with E-state index in [0.717, 1.165) is 19.3 Å². The Morgan fingerprint density at radius 3 is 2.82 bits per heavy atom. The van der Waals surface area contributed by atoms with Crippen LogP contribution in [0.4, 0.5) is 0 Å². The fourth-order valence-electron chi connectivity index (χ4n) is 1.98. The van der Waals surface area contributed by atoms with Crippen molar-refractivity contribution in [1.29, 1.82) is 0 Å². The summed E-state index contributed by atoms with van der Waals surface area (Å²) in [5.74, 6) is 2.78. The zero-order valence-electron chi connectivity index (χ0n) is 9.56. The van der Waals surface area contributed by atoms with Crippen LogP contribution in [-0.2, 0) is 16.0 Å². The summed E-state index contributed by atoms with van der Waals surface area (Å²) in [5, 5.41) is 0. The summed E-state index contributed by atoms with van der Waals surface area (Å²) in [6.45, 7) is 0. The van der Waals surface area contributed by atoms with Gasteiger partial charge in [0, 0.05) is 12.5 Å². The lowest BCUT2D eigenvalue weighted by Gasteiger charge is -2.22. The van der Waals surface area contributed by atoms with Gasteiger partial charge in [-0.05, 0) is 18.4 Å². The summed E-state index contributed by atoms with van der Waals surface area (Å²) in [6, 6.07) is 9.98. The van der Waals surface area contributed by atoms with Crippen molar-refractivity contribution in [2.45, 2.75) is 19.3 Å². The minimum Gasteiger partial charge on any atom is -0.430 e. The lowest BCUT2D eigenvalue weighted by Crippen LogP contribution is -2.24. The average Bonchev–Trinajstić information content (AvgIpc) is 2.34. The van der Waals surface area contributed by atoms with E-state index in [0.29, 0.717) is 5.76 Å². The fraction of sp³-hybridized carbons (Fsp3) is 0.267. The predicted molar refractivity (Wildman–Crippen MR) is 65.9 cm³/mol. The standard InChI is InChI=1S/C15H14O2/c1-2-6-14-10-9-13(15(16)17-14)11-12-7-4-3-5-8-12/h1,3-8,13H,9-11H2/b14-6+.